The van der Waals surface area contributed by atoms with Gasteiger partial charge in [0.15, 0.2) is 0 Å². The van der Waals surface area contributed by atoms with Crippen LogP contribution < -0.4 is 11.3 Å². The van der Waals surface area contributed by atoms with Crippen molar-refractivity contribution in [3.63, 3.8) is 0 Å². The topological polar surface area (TPSA) is 55.9 Å². The second kappa shape index (κ2) is 6.29. The van der Waals surface area contributed by atoms with E-state index in [1.165, 1.54) is 10.4 Å². The fourth-order valence-corrected chi connectivity index (χ4v) is 3.85. The highest BCUT2D eigenvalue weighted by Crippen LogP contribution is 2.36. The van der Waals surface area contributed by atoms with Crippen molar-refractivity contribution >= 4 is 43.2 Å². The van der Waals surface area contributed by atoms with E-state index in [1.54, 1.807) is 11.3 Å². The molecule has 1 atom stereocenters. The second-order valence-electron chi connectivity index (χ2n) is 3.90. The molecule has 7 heteroatoms. The minimum atomic E-state index is 0.104. The maximum absolute atomic E-state index is 5.65. The molecule has 2 aromatic rings. The zero-order valence-electron chi connectivity index (χ0n) is 9.86. The van der Waals surface area contributed by atoms with Gasteiger partial charge in [0, 0.05) is 22.1 Å². The summed E-state index contributed by atoms with van der Waals surface area (Å²) in [7, 11) is 0. The Morgan fingerprint density at radius 3 is 2.83 bits per heavy atom. The van der Waals surface area contributed by atoms with Crippen LogP contribution in [0.15, 0.2) is 26.7 Å². The highest BCUT2D eigenvalue weighted by molar-refractivity contribution is 9.13. The third-order valence-electron chi connectivity index (χ3n) is 2.66. The SMILES string of the molecule is CCn1cc(CC(NN)c2cc(Br)c(Br)s2)cn1. The smallest absolute Gasteiger partial charge is 0.0843 e. The van der Waals surface area contributed by atoms with E-state index in [0.717, 1.165) is 21.2 Å². The molecular formula is C11H14Br2N4S. The van der Waals surface area contributed by atoms with E-state index >= 15 is 0 Å². The van der Waals surface area contributed by atoms with Gasteiger partial charge in [-0.1, -0.05) is 0 Å². The van der Waals surface area contributed by atoms with Gasteiger partial charge in [-0.05, 0) is 56.8 Å². The molecule has 4 nitrogen and oxygen atoms in total. The normalized spacial score (nSPS) is 12.9. The van der Waals surface area contributed by atoms with Gasteiger partial charge < -0.3 is 0 Å². The molecule has 2 rings (SSSR count). The van der Waals surface area contributed by atoms with Crippen molar-refractivity contribution in [2.75, 3.05) is 0 Å². The van der Waals surface area contributed by atoms with E-state index in [-0.39, 0.29) is 6.04 Å². The van der Waals surface area contributed by atoms with Crippen molar-refractivity contribution in [3.05, 3.63) is 37.2 Å². The zero-order valence-corrected chi connectivity index (χ0v) is 13.8. The third kappa shape index (κ3) is 3.21. The lowest BCUT2D eigenvalue weighted by Gasteiger charge is -2.12. The number of aromatic nitrogens is 2. The monoisotopic (exact) mass is 392 g/mol. The van der Waals surface area contributed by atoms with Gasteiger partial charge in [0.1, 0.15) is 0 Å². The number of thiophene rings is 1. The Bertz CT molecular complexity index is 503. The number of hydrazine groups is 1. The number of nitrogens with two attached hydrogens (primary N) is 1. The molecule has 0 bridgehead atoms. The van der Waals surface area contributed by atoms with Crippen LogP contribution in [0.1, 0.15) is 23.4 Å². The minimum absolute atomic E-state index is 0.104. The molecule has 18 heavy (non-hydrogen) atoms. The molecule has 0 fully saturated rings. The van der Waals surface area contributed by atoms with Crippen LogP contribution in [0.4, 0.5) is 0 Å². The molecule has 2 heterocycles. The van der Waals surface area contributed by atoms with Crippen molar-refractivity contribution in [1.82, 2.24) is 15.2 Å². The van der Waals surface area contributed by atoms with E-state index in [0.29, 0.717) is 0 Å². The number of rotatable bonds is 5. The summed E-state index contributed by atoms with van der Waals surface area (Å²) in [6, 6.07) is 2.19. The lowest BCUT2D eigenvalue weighted by Crippen LogP contribution is -2.28. The lowest BCUT2D eigenvalue weighted by atomic mass is 10.1. The fraction of sp³-hybridized carbons (Fsp3) is 0.364. The largest absolute Gasteiger partial charge is 0.273 e. The molecule has 0 saturated heterocycles. The van der Waals surface area contributed by atoms with Gasteiger partial charge in [-0.2, -0.15) is 5.10 Å². The highest BCUT2D eigenvalue weighted by atomic mass is 79.9. The van der Waals surface area contributed by atoms with E-state index in [4.69, 9.17) is 5.84 Å². The first kappa shape index (κ1) is 14.2. The van der Waals surface area contributed by atoms with Crippen LogP contribution in [0.25, 0.3) is 0 Å². The average Bonchev–Trinajstić information content (AvgIpc) is 2.94. The third-order valence-corrected chi connectivity index (χ3v) is 6.03. The first-order valence-electron chi connectivity index (χ1n) is 5.56. The molecule has 0 saturated carbocycles. The second-order valence-corrected chi connectivity index (χ2v) is 7.15. The van der Waals surface area contributed by atoms with Crippen molar-refractivity contribution in [2.24, 2.45) is 5.84 Å². The zero-order chi connectivity index (χ0) is 13.1. The predicted molar refractivity (Wildman–Crippen MR) is 81.4 cm³/mol. The Morgan fingerprint density at radius 1 is 1.56 bits per heavy atom. The van der Waals surface area contributed by atoms with Crippen LogP contribution in [-0.2, 0) is 13.0 Å². The molecule has 2 aromatic heterocycles. The minimum Gasteiger partial charge on any atom is -0.273 e. The summed E-state index contributed by atoms with van der Waals surface area (Å²) in [6.07, 6.45) is 4.78. The summed E-state index contributed by atoms with van der Waals surface area (Å²) in [4.78, 5) is 1.19. The quantitative estimate of drug-likeness (QED) is 0.605. The molecule has 0 aliphatic carbocycles. The molecule has 3 N–H and O–H groups in total. The summed E-state index contributed by atoms with van der Waals surface area (Å²) in [5, 5.41) is 4.27. The van der Waals surface area contributed by atoms with Crippen LogP contribution in [0.3, 0.4) is 0 Å². The predicted octanol–water partition coefficient (Wildman–Crippen LogP) is 3.24. The van der Waals surface area contributed by atoms with E-state index in [1.807, 2.05) is 10.9 Å². The Labute approximate surface area is 127 Å². The Morgan fingerprint density at radius 2 is 2.33 bits per heavy atom. The number of hydrogen-bond donors (Lipinski definition) is 2. The molecule has 98 valence electrons. The van der Waals surface area contributed by atoms with Crippen LogP contribution in [0.2, 0.25) is 0 Å². The van der Waals surface area contributed by atoms with E-state index < -0.39 is 0 Å². The van der Waals surface area contributed by atoms with Gasteiger partial charge in [0.25, 0.3) is 0 Å². The van der Waals surface area contributed by atoms with Gasteiger partial charge in [-0.3, -0.25) is 16.0 Å². The molecule has 0 amide bonds. The van der Waals surface area contributed by atoms with Crippen LogP contribution in [0.5, 0.6) is 0 Å². The Hall–Kier alpha value is -0.210. The first-order chi connectivity index (χ1) is 8.63. The van der Waals surface area contributed by atoms with E-state index in [2.05, 4.69) is 61.6 Å². The van der Waals surface area contributed by atoms with Gasteiger partial charge in [0.05, 0.1) is 16.0 Å². The molecule has 0 aliphatic rings. The standard InChI is InChI=1S/C11H14Br2N4S/c1-2-17-6-7(5-15-17)3-9(16-14)10-4-8(12)11(13)18-10/h4-6,9,16H,2-3,14H2,1H3. The first-order valence-corrected chi connectivity index (χ1v) is 7.96. The van der Waals surface area contributed by atoms with Crippen LogP contribution >= 0.6 is 43.2 Å². The molecule has 0 aromatic carbocycles. The summed E-state index contributed by atoms with van der Waals surface area (Å²) in [5.74, 6) is 5.65. The molecule has 0 radical (unpaired) electrons. The average molecular weight is 394 g/mol. The molecule has 0 spiro atoms. The number of hydrogen-bond acceptors (Lipinski definition) is 4. The Balaban J connectivity index is 2.14. The summed E-state index contributed by atoms with van der Waals surface area (Å²) < 4.78 is 4.07. The van der Waals surface area contributed by atoms with Crippen molar-refractivity contribution < 1.29 is 0 Å². The maximum Gasteiger partial charge on any atom is 0.0843 e. The van der Waals surface area contributed by atoms with Crippen molar-refractivity contribution in [2.45, 2.75) is 25.9 Å². The van der Waals surface area contributed by atoms with Crippen molar-refractivity contribution in [3.8, 4) is 0 Å². The fourth-order valence-electron chi connectivity index (χ4n) is 1.70. The number of nitrogens with zero attached hydrogens (tertiary/aromatic N) is 2. The Kier molecular flexibility index (Phi) is 4.97. The van der Waals surface area contributed by atoms with Crippen LogP contribution in [0, 0.1) is 0 Å². The number of nitrogens with one attached hydrogen (secondary N) is 1. The number of halogens is 2. The number of aryl methyl sites for hydroxylation is 1. The molecule has 0 aliphatic heterocycles. The van der Waals surface area contributed by atoms with Crippen molar-refractivity contribution in [1.29, 1.82) is 0 Å². The van der Waals surface area contributed by atoms with Crippen LogP contribution in [-0.4, -0.2) is 9.78 Å². The van der Waals surface area contributed by atoms with Gasteiger partial charge >= 0.3 is 0 Å². The molecule has 1 unspecified atom stereocenters. The summed E-state index contributed by atoms with van der Waals surface area (Å²) >= 11 is 8.67. The maximum atomic E-state index is 5.65. The van der Waals surface area contributed by atoms with Gasteiger partial charge in [-0.25, -0.2) is 0 Å². The van der Waals surface area contributed by atoms with Gasteiger partial charge in [0.2, 0.25) is 0 Å². The summed E-state index contributed by atoms with van der Waals surface area (Å²) in [5.41, 5.74) is 4.05. The highest BCUT2D eigenvalue weighted by Gasteiger charge is 2.16. The lowest BCUT2D eigenvalue weighted by molar-refractivity contribution is 0.560. The molecular weight excluding hydrogens is 380 g/mol. The summed E-state index contributed by atoms with van der Waals surface area (Å²) in [6.45, 7) is 2.96. The van der Waals surface area contributed by atoms with Gasteiger partial charge in [-0.15, -0.1) is 11.3 Å². The van der Waals surface area contributed by atoms with E-state index in [9.17, 15) is 0 Å².